The smallest absolute Gasteiger partial charge is 0.276 e. The van der Waals surface area contributed by atoms with Crippen LogP contribution in [-0.4, -0.2) is 67.2 Å². The van der Waals surface area contributed by atoms with Crippen molar-refractivity contribution < 1.29 is 9.32 Å². The molecule has 28 heavy (non-hydrogen) atoms. The van der Waals surface area contributed by atoms with Crippen LogP contribution in [0.5, 0.6) is 0 Å². The number of aryl methyl sites for hydroxylation is 1. The molecular weight excluding hydrogens is 358 g/mol. The maximum absolute atomic E-state index is 13.0. The minimum Gasteiger partial charge on any atom is -0.361 e. The SMILES string of the molecule is CCN(CC)[C@@]1(c2nnnn2C2CCCC2)CCN(C(=O)c2cc(C)on2)C1. The van der Waals surface area contributed by atoms with E-state index < -0.39 is 0 Å². The molecule has 0 unspecified atom stereocenters. The van der Waals surface area contributed by atoms with Crippen molar-refractivity contribution in [3.63, 3.8) is 0 Å². The van der Waals surface area contributed by atoms with Gasteiger partial charge in [0.05, 0.1) is 6.04 Å². The van der Waals surface area contributed by atoms with Crippen LogP contribution in [0.2, 0.25) is 0 Å². The van der Waals surface area contributed by atoms with Gasteiger partial charge in [0, 0.05) is 19.2 Å². The molecule has 9 heteroatoms. The predicted molar refractivity (Wildman–Crippen MR) is 102 cm³/mol. The zero-order chi connectivity index (χ0) is 19.7. The average Bonchev–Trinajstić information content (AvgIpc) is 3.47. The first-order valence-corrected chi connectivity index (χ1v) is 10.3. The fourth-order valence-electron chi connectivity index (χ4n) is 4.90. The Kier molecular flexibility index (Phi) is 5.18. The lowest BCUT2D eigenvalue weighted by atomic mass is 9.94. The van der Waals surface area contributed by atoms with Gasteiger partial charge in [0.15, 0.2) is 11.5 Å². The number of aromatic nitrogens is 5. The van der Waals surface area contributed by atoms with Crippen molar-refractivity contribution in [3.8, 4) is 0 Å². The fourth-order valence-corrected chi connectivity index (χ4v) is 4.90. The van der Waals surface area contributed by atoms with Gasteiger partial charge >= 0.3 is 0 Å². The molecule has 2 aliphatic rings. The standard InChI is InChI=1S/C19H29N7O2/c1-4-25(5-2)19(18-20-22-23-26(18)15-8-6-7-9-15)10-11-24(13-19)17(27)16-12-14(3)28-21-16/h12,15H,4-11,13H2,1-3H3/t19-/m0/s1. The Morgan fingerprint density at radius 1 is 1.32 bits per heavy atom. The first-order valence-electron chi connectivity index (χ1n) is 10.3. The molecule has 0 N–H and O–H groups in total. The van der Waals surface area contributed by atoms with Gasteiger partial charge in [-0.3, -0.25) is 9.69 Å². The van der Waals surface area contributed by atoms with Gasteiger partial charge in [-0.15, -0.1) is 5.10 Å². The highest BCUT2D eigenvalue weighted by Crippen LogP contribution is 2.40. The van der Waals surface area contributed by atoms with E-state index in [4.69, 9.17) is 4.52 Å². The summed E-state index contributed by atoms with van der Waals surface area (Å²) in [6.45, 7) is 9.06. The monoisotopic (exact) mass is 387 g/mol. The van der Waals surface area contributed by atoms with E-state index in [2.05, 4.69) is 39.4 Å². The van der Waals surface area contributed by atoms with Crippen molar-refractivity contribution in [2.24, 2.45) is 0 Å². The van der Waals surface area contributed by atoms with Gasteiger partial charge in [-0.1, -0.05) is 31.8 Å². The molecule has 1 aliphatic carbocycles. The largest absolute Gasteiger partial charge is 0.361 e. The highest BCUT2D eigenvalue weighted by atomic mass is 16.5. The molecule has 0 bridgehead atoms. The van der Waals surface area contributed by atoms with Crippen LogP contribution < -0.4 is 0 Å². The Bertz CT molecular complexity index is 822. The Morgan fingerprint density at radius 2 is 2.07 bits per heavy atom. The van der Waals surface area contributed by atoms with E-state index in [9.17, 15) is 4.79 Å². The third kappa shape index (κ3) is 3.11. The molecule has 1 saturated heterocycles. The molecule has 0 spiro atoms. The molecule has 1 amide bonds. The quantitative estimate of drug-likeness (QED) is 0.750. The normalized spacial score (nSPS) is 23.2. The van der Waals surface area contributed by atoms with Crippen LogP contribution in [0.4, 0.5) is 0 Å². The minimum absolute atomic E-state index is 0.0919. The van der Waals surface area contributed by atoms with E-state index >= 15 is 0 Å². The highest BCUT2D eigenvalue weighted by molar-refractivity contribution is 5.92. The van der Waals surface area contributed by atoms with Crippen LogP contribution in [0, 0.1) is 6.92 Å². The second-order valence-corrected chi connectivity index (χ2v) is 7.89. The van der Waals surface area contributed by atoms with Gasteiger partial charge < -0.3 is 9.42 Å². The molecule has 3 heterocycles. The number of amides is 1. The Hall–Kier alpha value is -2.29. The van der Waals surface area contributed by atoms with Crippen molar-refractivity contribution >= 4 is 5.91 Å². The van der Waals surface area contributed by atoms with Gasteiger partial charge in [0.2, 0.25) is 0 Å². The topological polar surface area (TPSA) is 93.2 Å². The first-order chi connectivity index (χ1) is 13.6. The van der Waals surface area contributed by atoms with Crippen molar-refractivity contribution in [1.29, 1.82) is 0 Å². The summed E-state index contributed by atoms with van der Waals surface area (Å²) >= 11 is 0. The van der Waals surface area contributed by atoms with E-state index in [-0.39, 0.29) is 11.4 Å². The van der Waals surface area contributed by atoms with Crippen LogP contribution >= 0.6 is 0 Å². The van der Waals surface area contributed by atoms with Crippen molar-refractivity contribution in [2.45, 2.75) is 64.5 Å². The van der Waals surface area contributed by atoms with E-state index in [1.54, 1.807) is 13.0 Å². The Balaban J connectivity index is 1.67. The van der Waals surface area contributed by atoms with Crippen molar-refractivity contribution in [1.82, 2.24) is 35.2 Å². The number of rotatable bonds is 6. The predicted octanol–water partition coefficient (Wildman–Crippen LogP) is 2.17. The number of nitrogens with zero attached hydrogens (tertiary/aromatic N) is 7. The van der Waals surface area contributed by atoms with Crippen LogP contribution in [0.15, 0.2) is 10.6 Å². The summed E-state index contributed by atoms with van der Waals surface area (Å²) in [5.74, 6) is 1.45. The lowest BCUT2D eigenvalue weighted by Crippen LogP contribution is -2.50. The van der Waals surface area contributed by atoms with E-state index in [0.717, 1.165) is 38.2 Å². The minimum atomic E-state index is -0.371. The Morgan fingerprint density at radius 3 is 2.71 bits per heavy atom. The van der Waals surface area contributed by atoms with Gasteiger partial charge in [0.1, 0.15) is 11.3 Å². The fraction of sp³-hybridized carbons (Fsp3) is 0.737. The molecule has 2 fully saturated rings. The summed E-state index contributed by atoms with van der Waals surface area (Å²) in [5, 5.41) is 16.8. The average molecular weight is 387 g/mol. The van der Waals surface area contributed by atoms with Gasteiger partial charge in [0.25, 0.3) is 5.91 Å². The molecule has 0 aromatic carbocycles. The zero-order valence-corrected chi connectivity index (χ0v) is 17.0. The number of carbonyl (C=O) groups excluding carboxylic acids is 1. The van der Waals surface area contributed by atoms with E-state index in [0.29, 0.717) is 30.6 Å². The van der Waals surface area contributed by atoms with Crippen LogP contribution in [0.1, 0.15) is 74.1 Å². The van der Waals surface area contributed by atoms with E-state index in [1.807, 2.05) is 9.58 Å². The molecule has 0 radical (unpaired) electrons. The molecular formula is C19H29N7O2. The van der Waals surface area contributed by atoms with Crippen molar-refractivity contribution in [3.05, 3.63) is 23.3 Å². The zero-order valence-electron chi connectivity index (χ0n) is 17.0. The summed E-state index contributed by atoms with van der Waals surface area (Å²) in [4.78, 5) is 17.2. The molecule has 2 aromatic heterocycles. The van der Waals surface area contributed by atoms with Gasteiger partial charge in [-0.25, -0.2) is 4.68 Å². The summed E-state index contributed by atoms with van der Waals surface area (Å²) < 4.78 is 7.14. The Labute approximate surface area is 165 Å². The summed E-state index contributed by atoms with van der Waals surface area (Å²) in [6.07, 6.45) is 5.49. The van der Waals surface area contributed by atoms with Gasteiger partial charge in [-0.05, 0) is 49.7 Å². The van der Waals surface area contributed by atoms with E-state index in [1.165, 1.54) is 12.8 Å². The molecule has 2 aromatic rings. The highest BCUT2D eigenvalue weighted by Gasteiger charge is 2.49. The molecule has 1 aliphatic heterocycles. The third-order valence-electron chi connectivity index (χ3n) is 6.33. The second kappa shape index (κ2) is 7.62. The molecule has 4 rings (SSSR count). The van der Waals surface area contributed by atoms with Gasteiger partial charge in [-0.2, -0.15) is 0 Å². The number of likely N-dealkylation sites (N-methyl/N-ethyl adjacent to an activating group) is 1. The summed E-state index contributed by atoms with van der Waals surface area (Å²) in [5.41, 5.74) is -0.00690. The summed E-state index contributed by atoms with van der Waals surface area (Å²) in [6, 6.07) is 2.06. The lowest BCUT2D eigenvalue weighted by Gasteiger charge is -2.39. The number of carbonyl (C=O) groups is 1. The lowest BCUT2D eigenvalue weighted by molar-refractivity contribution is 0.0653. The maximum Gasteiger partial charge on any atom is 0.276 e. The summed E-state index contributed by atoms with van der Waals surface area (Å²) in [7, 11) is 0. The van der Waals surface area contributed by atoms with Crippen LogP contribution in [0.3, 0.4) is 0 Å². The first kappa shape index (κ1) is 19.0. The molecule has 1 atom stereocenters. The number of likely N-dealkylation sites (tertiary alicyclic amines) is 1. The molecule has 152 valence electrons. The maximum atomic E-state index is 13.0. The second-order valence-electron chi connectivity index (χ2n) is 7.89. The molecule has 1 saturated carbocycles. The molecule has 9 nitrogen and oxygen atoms in total. The third-order valence-corrected chi connectivity index (χ3v) is 6.33. The number of hydrogen-bond donors (Lipinski definition) is 0. The number of tetrazole rings is 1. The van der Waals surface area contributed by atoms with Crippen LogP contribution in [0.25, 0.3) is 0 Å². The van der Waals surface area contributed by atoms with Crippen LogP contribution in [-0.2, 0) is 5.54 Å². The van der Waals surface area contributed by atoms with Crippen molar-refractivity contribution in [2.75, 3.05) is 26.2 Å². The number of hydrogen-bond acceptors (Lipinski definition) is 7.